The van der Waals surface area contributed by atoms with Crippen LogP contribution in [-0.4, -0.2) is 0 Å². The molecule has 2 nitrogen and oxygen atoms in total. The molecule has 0 amide bonds. The Labute approximate surface area is 116 Å². The highest BCUT2D eigenvalue weighted by Crippen LogP contribution is 2.25. The lowest BCUT2D eigenvalue weighted by Crippen LogP contribution is -2.01. The summed E-state index contributed by atoms with van der Waals surface area (Å²) in [5.41, 5.74) is 2.33. The van der Waals surface area contributed by atoms with Gasteiger partial charge in [0.1, 0.15) is 0 Å². The van der Waals surface area contributed by atoms with Crippen molar-refractivity contribution in [2.75, 3.05) is 5.32 Å². The van der Waals surface area contributed by atoms with E-state index < -0.39 is 0 Å². The fourth-order valence-electron chi connectivity index (χ4n) is 1.59. The number of hydrogen-bond acceptors (Lipinski definition) is 2. The molecule has 2 aromatic carbocycles. The van der Waals surface area contributed by atoms with Crippen LogP contribution in [0.5, 0.6) is 0 Å². The monoisotopic (exact) mass is 276 g/mol. The second-order valence-corrected chi connectivity index (χ2v) is 4.56. The molecule has 18 heavy (non-hydrogen) atoms. The number of nitriles is 1. The molecule has 0 radical (unpaired) electrons. The fraction of sp³-hybridized carbons (Fsp3) is 0.0714. The molecule has 0 aromatic heterocycles. The molecule has 0 spiro atoms. The molecule has 0 fully saturated rings. The fourth-order valence-corrected chi connectivity index (χ4v) is 2.12. The van der Waals surface area contributed by atoms with Crippen LogP contribution < -0.4 is 5.32 Å². The number of nitrogens with zero attached hydrogens (tertiary/aromatic N) is 1. The summed E-state index contributed by atoms with van der Waals surface area (Å²) in [5.74, 6) is 0. The summed E-state index contributed by atoms with van der Waals surface area (Å²) in [7, 11) is 0. The standard InChI is InChI=1S/C14H10Cl2N2/c15-13-5-2-6-14(16)12(13)9-18-11-4-1-3-10(7-11)8-17/h1-7,18H,9H2. The van der Waals surface area contributed by atoms with Crippen LogP contribution in [0.25, 0.3) is 0 Å². The van der Waals surface area contributed by atoms with E-state index in [1.54, 1.807) is 24.3 Å². The molecule has 90 valence electrons. The predicted molar refractivity (Wildman–Crippen MR) is 74.9 cm³/mol. The number of hydrogen-bond donors (Lipinski definition) is 1. The minimum atomic E-state index is 0.521. The quantitative estimate of drug-likeness (QED) is 0.898. The third kappa shape index (κ3) is 2.95. The van der Waals surface area contributed by atoms with Crippen molar-refractivity contribution >= 4 is 28.9 Å². The van der Waals surface area contributed by atoms with Gasteiger partial charge in [0, 0.05) is 27.8 Å². The average molecular weight is 277 g/mol. The lowest BCUT2D eigenvalue weighted by atomic mass is 10.2. The molecule has 0 bridgehead atoms. The molecule has 2 aromatic rings. The summed E-state index contributed by atoms with van der Waals surface area (Å²) in [6.07, 6.45) is 0. The molecule has 0 atom stereocenters. The van der Waals surface area contributed by atoms with Gasteiger partial charge in [-0.1, -0.05) is 35.3 Å². The third-order valence-corrected chi connectivity index (χ3v) is 3.23. The molecule has 0 aliphatic carbocycles. The van der Waals surface area contributed by atoms with Crippen molar-refractivity contribution in [3.63, 3.8) is 0 Å². The highest BCUT2D eigenvalue weighted by Gasteiger charge is 2.05. The van der Waals surface area contributed by atoms with Gasteiger partial charge in [-0.25, -0.2) is 0 Å². The second kappa shape index (κ2) is 5.77. The lowest BCUT2D eigenvalue weighted by Gasteiger charge is -2.09. The minimum Gasteiger partial charge on any atom is -0.381 e. The lowest BCUT2D eigenvalue weighted by molar-refractivity contribution is 1.15. The van der Waals surface area contributed by atoms with Gasteiger partial charge in [0.05, 0.1) is 11.6 Å². The van der Waals surface area contributed by atoms with Crippen LogP contribution >= 0.6 is 23.2 Å². The first-order valence-electron chi connectivity index (χ1n) is 5.37. The predicted octanol–water partition coefficient (Wildman–Crippen LogP) is 4.48. The molecule has 4 heteroatoms. The Kier molecular flexibility index (Phi) is 4.09. The van der Waals surface area contributed by atoms with Crippen molar-refractivity contribution in [1.29, 1.82) is 5.26 Å². The first-order chi connectivity index (χ1) is 8.70. The van der Waals surface area contributed by atoms with Crippen LogP contribution in [0.2, 0.25) is 10.0 Å². The summed E-state index contributed by atoms with van der Waals surface area (Å²) >= 11 is 12.2. The van der Waals surface area contributed by atoms with Crippen LogP contribution in [0.3, 0.4) is 0 Å². The summed E-state index contributed by atoms with van der Waals surface area (Å²) in [6.45, 7) is 0.521. The molecule has 2 rings (SSSR count). The molecule has 0 aliphatic heterocycles. The molecular formula is C14H10Cl2N2. The van der Waals surface area contributed by atoms with E-state index in [1.807, 2.05) is 18.2 Å². The van der Waals surface area contributed by atoms with Gasteiger partial charge in [0.25, 0.3) is 0 Å². The van der Waals surface area contributed by atoms with E-state index in [1.165, 1.54) is 0 Å². The zero-order valence-corrected chi connectivity index (χ0v) is 11.0. The maximum absolute atomic E-state index is 8.82. The van der Waals surface area contributed by atoms with Crippen molar-refractivity contribution in [3.05, 3.63) is 63.6 Å². The maximum atomic E-state index is 8.82. The van der Waals surface area contributed by atoms with Crippen molar-refractivity contribution in [2.45, 2.75) is 6.54 Å². The van der Waals surface area contributed by atoms with Crippen LogP contribution in [0.15, 0.2) is 42.5 Å². The van der Waals surface area contributed by atoms with Gasteiger partial charge in [0.15, 0.2) is 0 Å². The van der Waals surface area contributed by atoms with Crippen molar-refractivity contribution in [2.24, 2.45) is 0 Å². The molecule has 0 aliphatic rings. The molecule has 0 heterocycles. The van der Waals surface area contributed by atoms with Gasteiger partial charge in [0.2, 0.25) is 0 Å². The molecule has 0 saturated heterocycles. The number of nitrogens with one attached hydrogen (secondary N) is 1. The van der Waals surface area contributed by atoms with E-state index in [0.29, 0.717) is 22.2 Å². The van der Waals surface area contributed by atoms with Gasteiger partial charge < -0.3 is 5.32 Å². The zero-order chi connectivity index (χ0) is 13.0. The Morgan fingerprint density at radius 3 is 2.39 bits per heavy atom. The van der Waals surface area contributed by atoms with Crippen molar-refractivity contribution in [1.82, 2.24) is 0 Å². The number of benzene rings is 2. The normalized spacial score (nSPS) is 9.83. The SMILES string of the molecule is N#Cc1cccc(NCc2c(Cl)cccc2Cl)c1. The van der Waals surface area contributed by atoms with E-state index in [9.17, 15) is 0 Å². The number of halogens is 2. The smallest absolute Gasteiger partial charge is 0.0992 e. The highest BCUT2D eigenvalue weighted by molar-refractivity contribution is 6.36. The van der Waals surface area contributed by atoms with E-state index in [2.05, 4.69) is 11.4 Å². The highest BCUT2D eigenvalue weighted by atomic mass is 35.5. The Bertz CT molecular complexity index is 583. The van der Waals surface area contributed by atoms with Crippen molar-refractivity contribution in [3.8, 4) is 6.07 Å². The third-order valence-electron chi connectivity index (χ3n) is 2.52. The molecule has 0 unspecified atom stereocenters. The largest absolute Gasteiger partial charge is 0.381 e. The van der Waals surface area contributed by atoms with Crippen LogP contribution in [0.1, 0.15) is 11.1 Å². The first-order valence-corrected chi connectivity index (χ1v) is 6.13. The Morgan fingerprint density at radius 1 is 1.06 bits per heavy atom. The second-order valence-electron chi connectivity index (χ2n) is 3.75. The van der Waals surface area contributed by atoms with E-state index >= 15 is 0 Å². The first kappa shape index (κ1) is 12.8. The van der Waals surface area contributed by atoms with E-state index in [4.69, 9.17) is 28.5 Å². The number of anilines is 1. The molecule has 0 saturated carbocycles. The van der Waals surface area contributed by atoms with Gasteiger partial charge in [-0.3, -0.25) is 0 Å². The van der Waals surface area contributed by atoms with Gasteiger partial charge in [-0.05, 0) is 30.3 Å². The minimum absolute atomic E-state index is 0.521. The van der Waals surface area contributed by atoms with Gasteiger partial charge in [-0.2, -0.15) is 5.26 Å². The summed E-state index contributed by atoms with van der Waals surface area (Å²) in [6, 6.07) is 14.8. The van der Waals surface area contributed by atoms with Gasteiger partial charge in [-0.15, -0.1) is 0 Å². The summed E-state index contributed by atoms with van der Waals surface area (Å²) < 4.78 is 0. The van der Waals surface area contributed by atoms with E-state index in [0.717, 1.165) is 11.3 Å². The van der Waals surface area contributed by atoms with Crippen molar-refractivity contribution < 1.29 is 0 Å². The van der Waals surface area contributed by atoms with E-state index in [-0.39, 0.29) is 0 Å². The Morgan fingerprint density at radius 2 is 1.72 bits per heavy atom. The molecular weight excluding hydrogens is 267 g/mol. The summed E-state index contributed by atoms with van der Waals surface area (Å²) in [4.78, 5) is 0. The van der Waals surface area contributed by atoms with Crippen LogP contribution in [0, 0.1) is 11.3 Å². The Hall–Kier alpha value is -1.69. The maximum Gasteiger partial charge on any atom is 0.0992 e. The average Bonchev–Trinajstić information content (AvgIpc) is 2.38. The molecule has 1 N–H and O–H groups in total. The zero-order valence-electron chi connectivity index (χ0n) is 9.45. The number of rotatable bonds is 3. The Balaban J connectivity index is 2.14. The topological polar surface area (TPSA) is 35.8 Å². The van der Waals surface area contributed by atoms with Crippen LogP contribution in [0.4, 0.5) is 5.69 Å². The summed E-state index contributed by atoms with van der Waals surface area (Å²) in [5, 5.41) is 13.3. The van der Waals surface area contributed by atoms with Crippen LogP contribution in [-0.2, 0) is 6.54 Å². The van der Waals surface area contributed by atoms with Gasteiger partial charge >= 0.3 is 0 Å².